The summed E-state index contributed by atoms with van der Waals surface area (Å²) < 4.78 is 11.9. The molecule has 7 aliphatic rings. The van der Waals surface area contributed by atoms with Crippen LogP contribution in [0.3, 0.4) is 0 Å². The molecular formula is C22H27N5O3. The van der Waals surface area contributed by atoms with Gasteiger partial charge in [-0.25, -0.2) is 9.78 Å². The van der Waals surface area contributed by atoms with Crippen LogP contribution in [-0.4, -0.2) is 39.0 Å². The molecule has 2 aromatic heterocycles. The first-order chi connectivity index (χ1) is 14.5. The zero-order valence-corrected chi connectivity index (χ0v) is 17.1. The van der Waals surface area contributed by atoms with Crippen molar-refractivity contribution < 1.29 is 14.3 Å². The van der Waals surface area contributed by atoms with Gasteiger partial charge in [0.05, 0.1) is 6.10 Å². The lowest BCUT2D eigenvalue weighted by Crippen LogP contribution is -2.75. The number of alkyl carbamates (subject to hydrolysis) is 1. The molecule has 3 atom stereocenters. The van der Waals surface area contributed by atoms with Gasteiger partial charge in [0.1, 0.15) is 6.10 Å². The highest BCUT2D eigenvalue weighted by atomic mass is 16.6. The number of ether oxygens (including phenoxy) is 2. The number of anilines is 2. The maximum absolute atomic E-state index is 12.5. The number of aromatic amines is 1. The van der Waals surface area contributed by atoms with E-state index in [0.717, 1.165) is 62.1 Å². The van der Waals surface area contributed by atoms with Gasteiger partial charge in [0.2, 0.25) is 5.88 Å². The van der Waals surface area contributed by atoms with Crippen LogP contribution in [0.1, 0.15) is 63.5 Å². The van der Waals surface area contributed by atoms with Gasteiger partial charge >= 0.3 is 6.09 Å². The van der Waals surface area contributed by atoms with Crippen molar-refractivity contribution in [3.8, 4) is 5.88 Å². The summed E-state index contributed by atoms with van der Waals surface area (Å²) in [4.78, 5) is 16.8. The van der Waals surface area contributed by atoms with Gasteiger partial charge in [-0.05, 0) is 63.4 Å². The van der Waals surface area contributed by atoms with Crippen LogP contribution < -0.4 is 15.4 Å². The first-order valence-corrected chi connectivity index (χ1v) is 10.9. The molecule has 0 unspecified atom stereocenters. The molecular weight excluding hydrogens is 382 g/mol. The summed E-state index contributed by atoms with van der Waals surface area (Å²) in [5.41, 5.74) is 2.20. The average molecular weight is 409 g/mol. The molecule has 8 nitrogen and oxygen atoms in total. The van der Waals surface area contributed by atoms with Gasteiger partial charge in [0.15, 0.2) is 5.82 Å². The fraction of sp³-hybridized carbons (Fsp3) is 0.591. The van der Waals surface area contributed by atoms with Gasteiger partial charge in [0, 0.05) is 41.2 Å². The van der Waals surface area contributed by atoms with Gasteiger partial charge in [-0.3, -0.25) is 5.10 Å². The first kappa shape index (κ1) is 18.0. The first-order valence-electron chi connectivity index (χ1n) is 10.9. The fourth-order valence-corrected chi connectivity index (χ4v) is 6.24. The van der Waals surface area contributed by atoms with Gasteiger partial charge in [-0.2, -0.15) is 5.10 Å². The Hall–Kier alpha value is -2.77. The Morgan fingerprint density at radius 1 is 1.17 bits per heavy atom. The fourth-order valence-electron chi connectivity index (χ4n) is 6.24. The van der Waals surface area contributed by atoms with Crippen LogP contribution >= 0.6 is 0 Å². The lowest BCUT2D eigenvalue weighted by molar-refractivity contribution is -0.166. The van der Waals surface area contributed by atoms with Crippen molar-refractivity contribution in [3.05, 3.63) is 30.1 Å². The predicted molar refractivity (Wildman–Crippen MR) is 110 cm³/mol. The molecule has 4 aliphatic carbocycles. The molecule has 0 spiro atoms. The molecule has 4 fully saturated rings. The molecule has 1 amide bonds. The Morgan fingerprint density at radius 2 is 2.03 bits per heavy atom. The van der Waals surface area contributed by atoms with Crippen LogP contribution in [-0.2, 0) is 4.74 Å². The molecule has 3 aliphatic heterocycles. The Kier molecular flexibility index (Phi) is 3.82. The standard InChI is InChI=1S/C22H27N5O3/c1-13-9-21-10-22(11-21,12-21)25-20(28)30-16-3-2-14(6-16)17-8-18(27-26-17)24-15-4-5-23-19(7-15)29-13/h4-5,7-8,13-14,16H,2-3,6,9-12H2,1H3,(H,25,28)(H2,24,26,27)/t13-,14+,16-,21?,22?/m1/s1. The van der Waals surface area contributed by atoms with E-state index in [0.29, 0.717) is 11.8 Å². The second kappa shape index (κ2) is 6.36. The summed E-state index contributed by atoms with van der Waals surface area (Å²) in [6, 6.07) is 5.87. The van der Waals surface area contributed by atoms with Crippen molar-refractivity contribution in [1.82, 2.24) is 20.5 Å². The number of amides is 1. The van der Waals surface area contributed by atoms with E-state index in [9.17, 15) is 4.79 Å². The number of pyridine rings is 1. The smallest absolute Gasteiger partial charge is 0.407 e. The van der Waals surface area contributed by atoms with E-state index in [2.05, 4.69) is 32.7 Å². The number of hydrogen-bond acceptors (Lipinski definition) is 6. The van der Waals surface area contributed by atoms with Gasteiger partial charge in [-0.1, -0.05) is 0 Å². The third kappa shape index (κ3) is 3.09. The quantitative estimate of drug-likeness (QED) is 0.608. The van der Waals surface area contributed by atoms with Crippen molar-refractivity contribution in [2.75, 3.05) is 5.32 Å². The van der Waals surface area contributed by atoms with Crippen molar-refractivity contribution in [1.29, 1.82) is 0 Å². The molecule has 0 radical (unpaired) electrons. The van der Waals surface area contributed by atoms with Crippen LogP contribution in [0.2, 0.25) is 0 Å². The van der Waals surface area contributed by atoms with Crippen LogP contribution in [0, 0.1) is 5.41 Å². The number of nitrogens with zero attached hydrogens (tertiary/aromatic N) is 2. The number of carbonyl (C=O) groups excluding carboxylic acids is 1. The Morgan fingerprint density at radius 3 is 2.90 bits per heavy atom. The second-order valence-corrected chi connectivity index (χ2v) is 9.82. The van der Waals surface area contributed by atoms with Crippen LogP contribution in [0.25, 0.3) is 0 Å². The normalized spacial score (nSPS) is 37.0. The van der Waals surface area contributed by atoms with Gasteiger partial charge in [0.25, 0.3) is 0 Å². The van der Waals surface area contributed by atoms with Crippen molar-refractivity contribution in [2.45, 2.75) is 75.5 Å². The molecule has 8 heteroatoms. The third-order valence-corrected chi connectivity index (χ3v) is 7.25. The van der Waals surface area contributed by atoms with E-state index in [1.807, 2.05) is 18.2 Å². The highest BCUT2D eigenvalue weighted by Gasteiger charge is 2.68. The zero-order valence-electron chi connectivity index (χ0n) is 17.1. The van der Waals surface area contributed by atoms with E-state index in [1.165, 1.54) is 0 Å². The highest BCUT2D eigenvalue weighted by Crippen LogP contribution is 2.69. The van der Waals surface area contributed by atoms with Crippen LogP contribution in [0.5, 0.6) is 5.88 Å². The lowest BCUT2D eigenvalue weighted by atomic mass is 9.38. The van der Waals surface area contributed by atoms with Gasteiger partial charge in [-0.15, -0.1) is 0 Å². The molecule has 30 heavy (non-hydrogen) atoms. The summed E-state index contributed by atoms with van der Waals surface area (Å²) in [7, 11) is 0. The van der Waals surface area contributed by atoms with Crippen molar-refractivity contribution in [3.63, 3.8) is 0 Å². The summed E-state index contributed by atoms with van der Waals surface area (Å²) in [5.74, 6) is 1.70. The van der Waals surface area contributed by atoms with Crippen molar-refractivity contribution in [2.24, 2.45) is 5.41 Å². The molecule has 5 heterocycles. The van der Waals surface area contributed by atoms with E-state index in [1.54, 1.807) is 6.20 Å². The second-order valence-electron chi connectivity index (χ2n) is 9.82. The summed E-state index contributed by atoms with van der Waals surface area (Å²) in [6.45, 7) is 2.09. The molecule has 4 saturated carbocycles. The minimum absolute atomic E-state index is 0.0331. The Bertz CT molecular complexity index is 969. The number of carbonyl (C=O) groups is 1. The Balaban J connectivity index is 1.25. The van der Waals surface area contributed by atoms with E-state index in [-0.39, 0.29) is 29.3 Å². The molecule has 2 aromatic rings. The number of hydrogen-bond donors (Lipinski definition) is 3. The minimum atomic E-state index is -0.261. The minimum Gasteiger partial charge on any atom is -0.475 e. The predicted octanol–water partition coefficient (Wildman–Crippen LogP) is 4.00. The van der Waals surface area contributed by atoms with E-state index < -0.39 is 0 Å². The van der Waals surface area contributed by atoms with Crippen LogP contribution in [0.4, 0.5) is 16.3 Å². The molecule has 158 valence electrons. The number of nitrogens with one attached hydrogen (secondary N) is 3. The van der Waals surface area contributed by atoms with E-state index >= 15 is 0 Å². The molecule has 3 N–H and O–H groups in total. The average Bonchev–Trinajstić information content (AvgIpc) is 3.28. The molecule has 9 rings (SSSR count). The largest absolute Gasteiger partial charge is 0.475 e. The maximum atomic E-state index is 12.5. The van der Waals surface area contributed by atoms with E-state index in [4.69, 9.17) is 9.47 Å². The summed E-state index contributed by atoms with van der Waals surface area (Å²) in [6.07, 6.45) is 8.24. The van der Waals surface area contributed by atoms with Gasteiger partial charge < -0.3 is 20.1 Å². The zero-order chi connectivity index (χ0) is 20.3. The monoisotopic (exact) mass is 409 g/mol. The topological polar surface area (TPSA) is 101 Å². The van der Waals surface area contributed by atoms with Crippen LogP contribution in [0.15, 0.2) is 24.4 Å². The maximum Gasteiger partial charge on any atom is 0.407 e. The molecule has 8 bridgehead atoms. The highest BCUT2D eigenvalue weighted by molar-refractivity contribution is 5.69. The lowest BCUT2D eigenvalue weighted by Gasteiger charge is -2.71. The number of H-pyrrole nitrogens is 1. The number of rotatable bonds is 0. The number of aromatic nitrogens is 3. The Labute approximate surface area is 175 Å². The summed E-state index contributed by atoms with van der Waals surface area (Å²) in [5, 5.41) is 14.0. The molecule has 0 saturated heterocycles. The third-order valence-electron chi connectivity index (χ3n) is 7.25. The van der Waals surface area contributed by atoms with Crippen molar-refractivity contribution >= 4 is 17.6 Å². The summed E-state index contributed by atoms with van der Waals surface area (Å²) >= 11 is 0. The SMILES string of the molecule is C[C@@H]1CC23CC(C2)(C3)NC(=O)O[C@@H]2CC[C@@H](C2)c2cc(n[nH]2)Nc2ccnc(c2)O1. The molecule has 0 aromatic carbocycles.